The molecule has 2 fully saturated rings. The van der Waals surface area contributed by atoms with Crippen molar-refractivity contribution in [2.45, 2.75) is 64.3 Å². The van der Waals surface area contributed by atoms with E-state index in [4.69, 9.17) is 4.98 Å². The van der Waals surface area contributed by atoms with E-state index < -0.39 is 0 Å². The number of thiazole rings is 1. The molecule has 0 amide bonds. The van der Waals surface area contributed by atoms with Gasteiger partial charge in [-0.15, -0.1) is 11.3 Å². The van der Waals surface area contributed by atoms with Crippen molar-refractivity contribution in [3.63, 3.8) is 0 Å². The summed E-state index contributed by atoms with van der Waals surface area (Å²) in [6.45, 7) is 7.99. The van der Waals surface area contributed by atoms with Gasteiger partial charge in [0.05, 0.1) is 10.7 Å². The van der Waals surface area contributed by atoms with E-state index in [2.05, 4.69) is 31.5 Å². The second-order valence-electron chi connectivity index (χ2n) is 7.36. The summed E-state index contributed by atoms with van der Waals surface area (Å²) < 4.78 is 0. The van der Waals surface area contributed by atoms with Crippen LogP contribution in [0, 0.1) is 11.8 Å². The summed E-state index contributed by atoms with van der Waals surface area (Å²) in [6, 6.07) is 0.855. The first-order valence-corrected chi connectivity index (χ1v) is 8.58. The average molecular weight is 278 g/mol. The third-order valence-corrected chi connectivity index (χ3v) is 5.45. The summed E-state index contributed by atoms with van der Waals surface area (Å²) in [7, 11) is 0. The van der Waals surface area contributed by atoms with E-state index in [0.717, 1.165) is 17.9 Å². The zero-order chi connectivity index (χ0) is 13.5. The Balaban J connectivity index is 1.51. The van der Waals surface area contributed by atoms with Crippen LogP contribution in [0.4, 0.5) is 0 Å². The standard InChI is InChI=1S/C16H26N2S/c1-16(2,3)14-10-19-15(18-14)8-11-4-5-12(11)9-17-13-6-7-13/h10-13,17H,4-9H2,1-3H3. The predicted octanol–water partition coefficient (Wildman–Crippen LogP) is 3.76. The van der Waals surface area contributed by atoms with Gasteiger partial charge in [0.1, 0.15) is 0 Å². The maximum absolute atomic E-state index is 4.84. The molecule has 106 valence electrons. The maximum Gasteiger partial charge on any atom is 0.0931 e. The number of hydrogen-bond donors (Lipinski definition) is 1. The number of aromatic nitrogens is 1. The molecular formula is C16H26N2S. The van der Waals surface area contributed by atoms with E-state index in [0.29, 0.717) is 0 Å². The molecule has 0 radical (unpaired) electrons. The molecule has 0 spiro atoms. The van der Waals surface area contributed by atoms with Crippen molar-refractivity contribution >= 4 is 11.3 Å². The molecule has 2 aliphatic rings. The first-order valence-electron chi connectivity index (χ1n) is 7.70. The Morgan fingerprint density at radius 2 is 1.95 bits per heavy atom. The minimum absolute atomic E-state index is 0.196. The molecule has 2 saturated carbocycles. The molecule has 1 heterocycles. The van der Waals surface area contributed by atoms with Crippen molar-refractivity contribution in [3.8, 4) is 0 Å². The van der Waals surface area contributed by atoms with Gasteiger partial charge in [0.2, 0.25) is 0 Å². The Labute approximate surface area is 121 Å². The van der Waals surface area contributed by atoms with Gasteiger partial charge in [0.25, 0.3) is 0 Å². The number of nitrogens with zero attached hydrogens (tertiary/aromatic N) is 1. The fourth-order valence-electron chi connectivity index (χ4n) is 2.75. The van der Waals surface area contributed by atoms with Crippen LogP contribution >= 0.6 is 11.3 Å². The first-order chi connectivity index (χ1) is 9.02. The fourth-order valence-corrected chi connectivity index (χ4v) is 3.87. The average Bonchev–Trinajstić information content (AvgIpc) is 3.00. The monoisotopic (exact) mass is 278 g/mol. The molecule has 19 heavy (non-hydrogen) atoms. The van der Waals surface area contributed by atoms with Gasteiger partial charge in [-0.3, -0.25) is 0 Å². The van der Waals surface area contributed by atoms with Crippen molar-refractivity contribution in [1.29, 1.82) is 0 Å². The summed E-state index contributed by atoms with van der Waals surface area (Å²) in [5.74, 6) is 1.79. The minimum Gasteiger partial charge on any atom is -0.314 e. The molecule has 2 unspecified atom stereocenters. The van der Waals surface area contributed by atoms with Crippen LogP contribution in [-0.2, 0) is 11.8 Å². The van der Waals surface area contributed by atoms with E-state index in [1.165, 1.54) is 49.4 Å². The van der Waals surface area contributed by atoms with Crippen LogP contribution in [0.3, 0.4) is 0 Å². The molecular weight excluding hydrogens is 252 g/mol. The number of hydrogen-bond acceptors (Lipinski definition) is 3. The van der Waals surface area contributed by atoms with Crippen molar-refractivity contribution < 1.29 is 0 Å². The zero-order valence-electron chi connectivity index (χ0n) is 12.4. The highest BCUT2D eigenvalue weighted by molar-refractivity contribution is 7.09. The van der Waals surface area contributed by atoms with E-state index >= 15 is 0 Å². The Morgan fingerprint density at radius 1 is 1.21 bits per heavy atom. The second kappa shape index (κ2) is 5.17. The van der Waals surface area contributed by atoms with Gasteiger partial charge in [0.15, 0.2) is 0 Å². The van der Waals surface area contributed by atoms with Gasteiger partial charge in [-0.05, 0) is 44.1 Å². The lowest BCUT2D eigenvalue weighted by Gasteiger charge is -2.36. The van der Waals surface area contributed by atoms with Crippen LogP contribution in [0.1, 0.15) is 57.2 Å². The lowest BCUT2D eigenvalue weighted by atomic mass is 9.72. The molecule has 0 aromatic carbocycles. The summed E-state index contributed by atoms with van der Waals surface area (Å²) >= 11 is 1.86. The Hall–Kier alpha value is -0.410. The Morgan fingerprint density at radius 3 is 2.47 bits per heavy atom. The molecule has 0 bridgehead atoms. The highest BCUT2D eigenvalue weighted by atomic mass is 32.1. The molecule has 0 saturated heterocycles. The summed E-state index contributed by atoms with van der Waals surface area (Å²) in [5, 5.41) is 7.29. The maximum atomic E-state index is 4.84. The van der Waals surface area contributed by atoms with E-state index in [1.807, 2.05) is 11.3 Å². The van der Waals surface area contributed by atoms with E-state index in [9.17, 15) is 0 Å². The van der Waals surface area contributed by atoms with Crippen molar-refractivity contribution in [2.75, 3.05) is 6.54 Å². The largest absolute Gasteiger partial charge is 0.314 e. The number of nitrogens with one attached hydrogen (secondary N) is 1. The summed E-state index contributed by atoms with van der Waals surface area (Å²) in [4.78, 5) is 4.84. The molecule has 1 aromatic heterocycles. The first kappa shape index (κ1) is 13.6. The third-order valence-electron chi connectivity index (χ3n) is 4.58. The lowest BCUT2D eigenvalue weighted by Crippen LogP contribution is -2.37. The number of rotatable bonds is 5. The van der Waals surface area contributed by atoms with Gasteiger partial charge >= 0.3 is 0 Å². The van der Waals surface area contributed by atoms with Crippen LogP contribution in [-0.4, -0.2) is 17.6 Å². The highest BCUT2D eigenvalue weighted by Crippen LogP contribution is 2.38. The quantitative estimate of drug-likeness (QED) is 0.887. The third kappa shape index (κ3) is 3.38. The van der Waals surface area contributed by atoms with Crippen LogP contribution in [0.2, 0.25) is 0 Å². The Kier molecular flexibility index (Phi) is 3.69. The molecule has 2 aliphatic carbocycles. The van der Waals surface area contributed by atoms with Gasteiger partial charge in [-0.1, -0.05) is 20.8 Å². The lowest BCUT2D eigenvalue weighted by molar-refractivity contribution is 0.170. The fraction of sp³-hybridized carbons (Fsp3) is 0.812. The van der Waals surface area contributed by atoms with Gasteiger partial charge in [-0.2, -0.15) is 0 Å². The Bertz CT molecular complexity index is 428. The van der Waals surface area contributed by atoms with Crippen molar-refractivity contribution in [2.24, 2.45) is 11.8 Å². The summed E-state index contributed by atoms with van der Waals surface area (Å²) in [6.07, 6.45) is 6.83. The molecule has 1 N–H and O–H groups in total. The topological polar surface area (TPSA) is 24.9 Å². The van der Waals surface area contributed by atoms with Crippen LogP contribution in [0.5, 0.6) is 0 Å². The van der Waals surface area contributed by atoms with Crippen molar-refractivity contribution in [3.05, 3.63) is 16.1 Å². The molecule has 2 atom stereocenters. The molecule has 1 aromatic rings. The summed E-state index contributed by atoms with van der Waals surface area (Å²) in [5.41, 5.74) is 1.46. The van der Waals surface area contributed by atoms with Gasteiger partial charge < -0.3 is 5.32 Å². The SMILES string of the molecule is CC(C)(C)c1csc(CC2CCC2CNC2CC2)n1. The smallest absolute Gasteiger partial charge is 0.0931 e. The molecule has 2 nitrogen and oxygen atoms in total. The van der Waals surface area contributed by atoms with E-state index in [1.54, 1.807) is 0 Å². The second-order valence-corrected chi connectivity index (χ2v) is 8.30. The molecule has 0 aliphatic heterocycles. The van der Waals surface area contributed by atoms with Crippen LogP contribution < -0.4 is 5.32 Å². The van der Waals surface area contributed by atoms with Crippen LogP contribution in [0.15, 0.2) is 5.38 Å². The van der Waals surface area contributed by atoms with E-state index in [-0.39, 0.29) is 5.41 Å². The highest BCUT2D eigenvalue weighted by Gasteiger charge is 2.33. The molecule has 3 rings (SSSR count). The van der Waals surface area contributed by atoms with Gasteiger partial charge in [-0.25, -0.2) is 4.98 Å². The molecule has 3 heteroatoms. The van der Waals surface area contributed by atoms with Crippen LogP contribution in [0.25, 0.3) is 0 Å². The normalized spacial score (nSPS) is 27.3. The van der Waals surface area contributed by atoms with Crippen molar-refractivity contribution in [1.82, 2.24) is 10.3 Å². The predicted molar refractivity (Wildman–Crippen MR) is 81.8 cm³/mol. The minimum atomic E-state index is 0.196. The zero-order valence-corrected chi connectivity index (χ0v) is 13.2. The van der Waals surface area contributed by atoms with Gasteiger partial charge in [0, 0.05) is 23.3 Å².